The molecule has 1 aliphatic rings. The number of rotatable bonds is 4. The van der Waals surface area contributed by atoms with Crippen molar-refractivity contribution in [2.24, 2.45) is 0 Å². The van der Waals surface area contributed by atoms with Gasteiger partial charge in [0.15, 0.2) is 11.6 Å². The van der Waals surface area contributed by atoms with E-state index in [0.717, 1.165) is 17.3 Å². The minimum Gasteiger partial charge on any atom is -0.507 e. The lowest BCUT2D eigenvalue weighted by Crippen LogP contribution is -2.04. The predicted molar refractivity (Wildman–Crippen MR) is 99.3 cm³/mol. The Morgan fingerprint density at radius 2 is 1.88 bits per heavy atom. The fraction of sp³-hybridized carbons (Fsp3) is 0.111. The van der Waals surface area contributed by atoms with Crippen molar-refractivity contribution in [1.29, 1.82) is 0 Å². The zero-order valence-corrected chi connectivity index (χ0v) is 13.8. The van der Waals surface area contributed by atoms with E-state index in [1.54, 1.807) is 30.3 Å². The average Bonchev–Trinajstić information content (AvgIpc) is 2.90. The number of nitrogens with zero attached hydrogens (tertiary/aromatic N) is 2. The predicted octanol–water partition coefficient (Wildman–Crippen LogP) is 3.07. The molecule has 7 nitrogen and oxygen atoms in total. The molecule has 0 amide bonds. The van der Waals surface area contributed by atoms with Crippen LogP contribution in [0.5, 0.6) is 5.75 Å². The summed E-state index contributed by atoms with van der Waals surface area (Å²) < 4.78 is 14.1. The van der Waals surface area contributed by atoms with Crippen molar-refractivity contribution in [3.63, 3.8) is 0 Å². The van der Waals surface area contributed by atoms with E-state index in [9.17, 15) is 9.50 Å². The normalized spacial score (nSPS) is 12.2. The number of nitrogens with two attached hydrogens (primary N) is 2. The Labute approximate surface area is 148 Å². The van der Waals surface area contributed by atoms with Crippen molar-refractivity contribution in [2.75, 3.05) is 22.1 Å². The molecule has 0 saturated heterocycles. The Kier molecular flexibility index (Phi) is 3.72. The van der Waals surface area contributed by atoms with E-state index in [1.165, 1.54) is 0 Å². The van der Waals surface area contributed by atoms with Crippen molar-refractivity contribution >= 4 is 34.5 Å². The quantitative estimate of drug-likeness (QED) is 0.457. The molecular weight excluding hydrogens is 335 g/mol. The number of halogens is 1. The third-order valence-corrected chi connectivity index (χ3v) is 4.31. The molecule has 0 fully saturated rings. The molecule has 1 aromatic heterocycles. The fourth-order valence-electron chi connectivity index (χ4n) is 3.04. The first-order chi connectivity index (χ1) is 12.5. The van der Waals surface area contributed by atoms with E-state index in [1.807, 2.05) is 0 Å². The minimum absolute atomic E-state index is 0.0123. The molecule has 0 spiro atoms. The molecule has 2 aromatic carbocycles. The van der Waals surface area contributed by atoms with Crippen LogP contribution in [0.15, 0.2) is 36.5 Å². The number of aromatic nitrogens is 2. The SMILES string of the molecule is Nc1cccc(Nc2nc(Nc3cc(N)c4c(O)c3CC4)ncc2F)c1. The van der Waals surface area contributed by atoms with E-state index in [0.29, 0.717) is 35.6 Å². The zero-order chi connectivity index (χ0) is 18.3. The van der Waals surface area contributed by atoms with Crippen LogP contribution in [0, 0.1) is 5.82 Å². The van der Waals surface area contributed by atoms with Crippen LogP contribution in [-0.4, -0.2) is 15.1 Å². The summed E-state index contributed by atoms with van der Waals surface area (Å²) in [7, 11) is 0. The van der Waals surface area contributed by atoms with E-state index in [4.69, 9.17) is 11.5 Å². The first kappa shape index (κ1) is 15.9. The van der Waals surface area contributed by atoms with Gasteiger partial charge in [0, 0.05) is 33.9 Å². The average molecular weight is 352 g/mol. The highest BCUT2D eigenvalue weighted by Crippen LogP contribution is 2.41. The van der Waals surface area contributed by atoms with Gasteiger partial charge in [-0.25, -0.2) is 9.37 Å². The smallest absolute Gasteiger partial charge is 0.229 e. The maximum Gasteiger partial charge on any atom is 0.229 e. The lowest BCUT2D eigenvalue weighted by atomic mass is 10.1. The Hall–Kier alpha value is -3.55. The second kappa shape index (κ2) is 6.07. The van der Waals surface area contributed by atoms with Crippen LogP contribution < -0.4 is 22.1 Å². The maximum atomic E-state index is 14.1. The second-order valence-electron chi connectivity index (χ2n) is 6.08. The third-order valence-electron chi connectivity index (χ3n) is 4.31. The van der Waals surface area contributed by atoms with E-state index in [-0.39, 0.29) is 17.5 Å². The van der Waals surface area contributed by atoms with Crippen LogP contribution in [0.3, 0.4) is 0 Å². The Balaban J connectivity index is 1.63. The second-order valence-corrected chi connectivity index (χ2v) is 6.08. The highest BCUT2D eigenvalue weighted by molar-refractivity contribution is 5.75. The van der Waals surface area contributed by atoms with Crippen molar-refractivity contribution in [3.8, 4) is 5.75 Å². The topological polar surface area (TPSA) is 122 Å². The van der Waals surface area contributed by atoms with Gasteiger partial charge in [0.05, 0.1) is 6.20 Å². The van der Waals surface area contributed by atoms with Gasteiger partial charge in [-0.1, -0.05) is 6.07 Å². The van der Waals surface area contributed by atoms with Gasteiger partial charge in [-0.05, 0) is 37.1 Å². The van der Waals surface area contributed by atoms with E-state index >= 15 is 0 Å². The van der Waals surface area contributed by atoms with Crippen molar-refractivity contribution in [2.45, 2.75) is 12.8 Å². The number of anilines is 6. The largest absolute Gasteiger partial charge is 0.507 e. The first-order valence-corrected chi connectivity index (χ1v) is 8.06. The number of hydrogen-bond donors (Lipinski definition) is 5. The molecule has 1 heterocycles. The minimum atomic E-state index is -0.597. The summed E-state index contributed by atoms with van der Waals surface area (Å²) in [5.74, 6) is -0.196. The van der Waals surface area contributed by atoms with Crippen LogP contribution in [0.4, 0.5) is 38.9 Å². The number of phenolic OH excluding ortho intramolecular Hbond substituents is 1. The zero-order valence-electron chi connectivity index (χ0n) is 13.8. The summed E-state index contributed by atoms with van der Waals surface area (Å²) in [5, 5.41) is 16.1. The molecule has 0 aliphatic heterocycles. The number of hydrogen-bond acceptors (Lipinski definition) is 7. The van der Waals surface area contributed by atoms with Crippen molar-refractivity contribution in [3.05, 3.63) is 53.5 Å². The van der Waals surface area contributed by atoms with Gasteiger partial charge in [0.25, 0.3) is 0 Å². The Bertz CT molecular complexity index is 1010. The molecule has 26 heavy (non-hydrogen) atoms. The molecular formula is C18H17FN6O. The molecule has 0 unspecified atom stereocenters. The number of aromatic hydroxyl groups is 1. The first-order valence-electron chi connectivity index (χ1n) is 8.06. The molecule has 132 valence electrons. The summed E-state index contributed by atoms with van der Waals surface area (Å²) in [6.45, 7) is 0. The summed E-state index contributed by atoms with van der Waals surface area (Å²) in [5.41, 5.74) is 15.5. The summed E-state index contributed by atoms with van der Waals surface area (Å²) in [6.07, 6.45) is 2.44. The number of nitrogens with one attached hydrogen (secondary N) is 2. The number of phenols is 1. The van der Waals surface area contributed by atoms with Crippen LogP contribution in [-0.2, 0) is 12.8 Å². The van der Waals surface area contributed by atoms with Gasteiger partial charge in [-0.3, -0.25) is 0 Å². The van der Waals surface area contributed by atoms with Crippen molar-refractivity contribution < 1.29 is 9.50 Å². The number of nitrogen functional groups attached to an aromatic ring is 2. The number of benzene rings is 2. The van der Waals surface area contributed by atoms with Gasteiger partial charge in [-0.2, -0.15) is 4.98 Å². The molecule has 2 bridgehead atoms. The van der Waals surface area contributed by atoms with E-state index < -0.39 is 5.82 Å². The summed E-state index contributed by atoms with van der Waals surface area (Å²) in [6, 6.07) is 8.65. The lowest BCUT2D eigenvalue weighted by Gasteiger charge is -2.12. The van der Waals surface area contributed by atoms with E-state index in [2.05, 4.69) is 20.6 Å². The maximum absolute atomic E-state index is 14.1. The Morgan fingerprint density at radius 1 is 1.08 bits per heavy atom. The summed E-state index contributed by atoms with van der Waals surface area (Å²) in [4.78, 5) is 8.13. The van der Waals surface area contributed by atoms with Gasteiger partial charge in [-0.15, -0.1) is 0 Å². The van der Waals surface area contributed by atoms with Gasteiger partial charge in [0.1, 0.15) is 5.75 Å². The highest BCUT2D eigenvalue weighted by Gasteiger charge is 2.23. The molecule has 8 heteroatoms. The molecule has 3 aromatic rings. The summed E-state index contributed by atoms with van der Waals surface area (Å²) >= 11 is 0. The molecule has 7 N–H and O–H groups in total. The fourth-order valence-corrected chi connectivity index (χ4v) is 3.04. The molecule has 0 atom stereocenters. The van der Waals surface area contributed by atoms with Crippen LogP contribution >= 0.6 is 0 Å². The van der Waals surface area contributed by atoms with Crippen LogP contribution in [0.1, 0.15) is 11.1 Å². The van der Waals surface area contributed by atoms with Gasteiger partial charge < -0.3 is 27.2 Å². The monoisotopic (exact) mass is 352 g/mol. The lowest BCUT2D eigenvalue weighted by molar-refractivity contribution is 0.472. The van der Waals surface area contributed by atoms with Gasteiger partial charge in [0.2, 0.25) is 5.95 Å². The van der Waals surface area contributed by atoms with Crippen LogP contribution in [0.25, 0.3) is 0 Å². The molecule has 0 radical (unpaired) electrons. The number of fused-ring (bicyclic) bond motifs is 2. The third kappa shape index (κ3) is 2.81. The Morgan fingerprint density at radius 3 is 2.69 bits per heavy atom. The standard InChI is InChI=1S/C18H17FN6O/c19-13-8-22-18(25-17(13)23-10-3-1-2-9(20)6-10)24-15-7-14(21)11-4-5-12(15)16(11)26/h1-3,6-8,26H,4-5,20-21H2,(H2,22,23,24,25). The van der Waals surface area contributed by atoms with Gasteiger partial charge >= 0.3 is 0 Å². The molecule has 1 aliphatic carbocycles. The van der Waals surface area contributed by atoms with Crippen molar-refractivity contribution in [1.82, 2.24) is 9.97 Å². The highest BCUT2D eigenvalue weighted by atomic mass is 19.1. The van der Waals surface area contributed by atoms with Crippen LogP contribution in [0.2, 0.25) is 0 Å². The molecule has 4 rings (SSSR count). The molecule has 0 saturated carbocycles.